The largest absolute Gasteiger partial charge is 0.302 e. The van der Waals surface area contributed by atoms with Crippen molar-refractivity contribution >= 4 is 5.78 Å². The molecule has 0 radical (unpaired) electrons. The van der Waals surface area contributed by atoms with Gasteiger partial charge in [0.05, 0.1) is 0 Å². The van der Waals surface area contributed by atoms with Gasteiger partial charge in [0.25, 0.3) is 0 Å². The summed E-state index contributed by atoms with van der Waals surface area (Å²) < 4.78 is 0. The topological polar surface area (TPSA) is 23.6 Å². The first kappa shape index (κ1) is 18.8. The van der Waals surface area contributed by atoms with Crippen LogP contribution in [0.1, 0.15) is 24.8 Å². The molecule has 2 aliphatic heterocycles. The lowest BCUT2D eigenvalue weighted by Crippen LogP contribution is -2.37. The average Bonchev–Trinajstić information content (AvgIpc) is 3.13. The van der Waals surface area contributed by atoms with E-state index in [2.05, 4.69) is 40.1 Å². The van der Waals surface area contributed by atoms with Crippen molar-refractivity contribution in [3.8, 4) is 0 Å². The zero-order chi connectivity index (χ0) is 18.0. The van der Waals surface area contributed by atoms with Gasteiger partial charge < -0.3 is 4.90 Å². The molecule has 0 unspecified atom stereocenters. The summed E-state index contributed by atoms with van der Waals surface area (Å²) in [5.41, 5.74) is 1.41. The Morgan fingerprint density at radius 1 is 0.769 bits per heavy atom. The maximum absolute atomic E-state index is 11.3. The molecule has 0 N–H and O–H groups in total. The van der Waals surface area contributed by atoms with Gasteiger partial charge in [-0.1, -0.05) is 66.7 Å². The maximum Gasteiger partial charge on any atom is 0.135 e. The van der Waals surface area contributed by atoms with E-state index in [1.54, 1.807) is 0 Å². The molecule has 0 saturated carbocycles. The van der Waals surface area contributed by atoms with E-state index in [4.69, 9.17) is 0 Å². The molecule has 2 heterocycles. The smallest absolute Gasteiger partial charge is 0.135 e. The summed E-state index contributed by atoms with van der Waals surface area (Å²) in [7, 11) is 0. The van der Waals surface area contributed by atoms with Crippen molar-refractivity contribution in [2.24, 2.45) is 5.92 Å². The molecule has 3 nitrogen and oxygen atoms in total. The first-order valence-corrected chi connectivity index (χ1v) is 9.80. The second kappa shape index (κ2) is 10.2. The molecule has 2 aromatic carbocycles. The molecule has 2 aliphatic rings. The maximum atomic E-state index is 11.3. The number of Topliss-reactive ketones (excluding diaryl/α,β-unsaturated/α-hetero) is 1. The van der Waals surface area contributed by atoms with Gasteiger partial charge in [-0.15, -0.1) is 0 Å². The summed E-state index contributed by atoms with van der Waals surface area (Å²) in [6, 6.07) is 22.7. The summed E-state index contributed by atoms with van der Waals surface area (Å²) in [5.74, 6) is 1.23. The fourth-order valence-corrected chi connectivity index (χ4v) is 3.78. The van der Waals surface area contributed by atoms with E-state index in [1.807, 2.05) is 36.4 Å². The number of hydrogen-bond donors (Lipinski definition) is 0. The van der Waals surface area contributed by atoms with Crippen LogP contribution in [0.3, 0.4) is 0 Å². The highest BCUT2D eigenvalue weighted by Crippen LogP contribution is 2.20. The highest BCUT2D eigenvalue weighted by Gasteiger charge is 2.26. The number of hydrogen-bond acceptors (Lipinski definition) is 3. The Labute approximate surface area is 157 Å². The molecular formula is C23H30N2O. The fourth-order valence-electron chi connectivity index (χ4n) is 3.78. The Balaban J connectivity index is 0.000000278. The quantitative estimate of drug-likeness (QED) is 0.836. The molecule has 138 valence electrons. The number of nitrogens with zero attached hydrogens (tertiary/aromatic N) is 2. The molecule has 0 amide bonds. The van der Waals surface area contributed by atoms with Crippen molar-refractivity contribution in [3.05, 3.63) is 72.3 Å². The number of carbonyl (C=O) groups is 1. The van der Waals surface area contributed by atoms with Gasteiger partial charge in [-0.2, -0.15) is 0 Å². The van der Waals surface area contributed by atoms with Gasteiger partial charge in [0.1, 0.15) is 5.78 Å². The molecule has 0 aromatic heterocycles. The molecule has 0 bridgehead atoms. The lowest BCUT2D eigenvalue weighted by atomic mass is 10.1. The molecule has 2 saturated heterocycles. The van der Waals surface area contributed by atoms with Crippen LogP contribution < -0.4 is 0 Å². The highest BCUT2D eigenvalue weighted by atomic mass is 16.1. The van der Waals surface area contributed by atoms with Crippen LogP contribution in [0.15, 0.2) is 66.7 Å². The molecule has 2 fully saturated rings. The van der Waals surface area contributed by atoms with Crippen molar-refractivity contribution in [1.82, 2.24) is 9.80 Å². The molecular weight excluding hydrogens is 320 g/mol. The number of likely N-dealkylation sites (tertiary alicyclic amines) is 2. The van der Waals surface area contributed by atoms with Crippen molar-refractivity contribution < 1.29 is 4.79 Å². The van der Waals surface area contributed by atoms with E-state index in [0.29, 0.717) is 5.78 Å². The van der Waals surface area contributed by atoms with Gasteiger partial charge in [0, 0.05) is 45.6 Å². The Morgan fingerprint density at radius 2 is 1.35 bits per heavy atom. The van der Waals surface area contributed by atoms with Crippen molar-refractivity contribution in [3.63, 3.8) is 0 Å². The average molecular weight is 351 g/mol. The Hall–Kier alpha value is -1.97. The van der Waals surface area contributed by atoms with Gasteiger partial charge >= 0.3 is 0 Å². The van der Waals surface area contributed by atoms with Gasteiger partial charge in [0.2, 0.25) is 0 Å². The molecule has 1 atom stereocenters. The van der Waals surface area contributed by atoms with E-state index in [9.17, 15) is 4.79 Å². The van der Waals surface area contributed by atoms with Gasteiger partial charge in [-0.25, -0.2) is 0 Å². The van der Waals surface area contributed by atoms with E-state index < -0.39 is 0 Å². The minimum atomic E-state index is 0.443. The summed E-state index contributed by atoms with van der Waals surface area (Å²) in [5, 5.41) is 0. The van der Waals surface area contributed by atoms with Crippen LogP contribution in [0.25, 0.3) is 0 Å². The van der Waals surface area contributed by atoms with E-state index in [0.717, 1.165) is 38.4 Å². The minimum absolute atomic E-state index is 0.443. The first-order valence-electron chi connectivity index (χ1n) is 9.80. The second-order valence-electron chi connectivity index (χ2n) is 7.37. The highest BCUT2D eigenvalue weighted by molar-refractivity contribution is 5.79. The van der Waals surface area contributed by atoms with Crippen LogP contribution in [0.5, 0.6) is 0 Å². The normalized spacial score (nSPS) is 21.2. The van der Waals surface area contributed by atoms with Crippen molar-refractivity contribution in [1.29, 1.82) is 0 Å². The molecule has 0 spiro atoms. The zero-order valence-electron chi connectivity index (χ0n) is 15.6. The van der Waals surface area contributed by atoms with Gasteiger partial charge in [0.15, 0.2) is 0 Å². The third-order valence-electron chi connectivity index (χ3n) is 5.22. The SMILES string of the molecule is O=C1CCN(C[C@@H]2CCN(Cc3ccccc3)C2)CC1.c1ccccc1. The van der Waals surface area contributed by atoms with Crippen LogP contribution >= 0.6 is 0 Å². The summed E-state index contributed by atoms with van der Waals surface area (Å²) in [6.07, 6.45) is 2.83. The lowest BCUT2D eigenvalue weighted by molar-refractivity contribution is -0.121. The van der Waals surface area contributed by atoms with E-state index in [-0.39, 0.29) is 0 Å². The molecule has 2 aromatic rings. The Morgan fingerprint density at radius 3 is 1.96 bits per heavy atom. The van der Waals surface area contributed by atoms with E-state index in [1.165, 1.54) is 31.6 Å². The third-order valence-corrected chi connectivity index (χ3v) is 5.22. The third kappa shape index (κ3) is 6.40. The van der Waals surface area contributed by atoms with E-state index >= 15 is 0 Å². The van der Waals surface area contributed by atoms with Gasteiger partial charge in [-0.3, -0.25) is 9.69 Å². The summed E-state index contributed by atoms with van der Waals surface area (Å²) >= 11 is 0. The number of rotatable bonds is 4. The first-order chi connectivity index (χ1) is 12.8. The zero-order valence-corrected chi connectivity index (χ0v) is 15.6. The number of piperidine rings is 1. The standard InChI is InChI=1S/C17H24N2O.C6H6/c20-17-7-10-18(11-8-17)13-16-6-9-19(14-16)12-15-4-2-1-3-5-15;1-2-4-6-5-3-1/h1-5,16H,6-14H2;1-6H/t16-;/m0./s1. The lowest BCUT2D eigenvalue weighted by Gasteiger charge is -2.28. The minimum Gasteiger partial charge on any atom is -0.302 e. The van der Waals surface area contributed by atoms with Crippen LogP contribution in [-0.4, -0.2) is 48.3 Å². The molecule has 4 rings (SSSR count). The number of ketones is 1. The van der Waals surface area contributed by atoms with Gasteiger partial charge in [-0.05, 0) is 24.4 Å². The van der Waals surface area contributed by atoms with Crippen LogP contribution in [0.2, 0.25) is 0 Å². The van der Waals surface area contributed by atoms with Crippen molar-refractivity contribution in [2.75, 3.05) is 32.7 Å². The summed E-state index contributed by atoms with van der Waals surface area (Å²) in [4.78, 5) is 16.3. The monoisotopic (exact) mass is 350 g/mol. The molecule has 0 aliphatic carbocycles. The van der Waals surface area contributed by atoms with Crippen LogP contribution in [-0.2, 0) is 11.3 Å². The molecule has 3 heteroatoms. The summed E-state index contributed by atoms with van der Waals surface area (Å²) in [6.45, 7) is 6.64. The number of carbonyl (C=O) groups excluding carboxylic acids is 1. The predicted molar refractivity (Wildman–Crippen MR) is 107 cm³/mol. The Bertz CT molecular complexity index is 607. The van der Waals surface area contributed by atoms with Crippen molar-refractivity contribution in [2.45, 2.75) is 25.8 Å². The van der Waals surface area contributed by atoms with Crippen LogP contribution in [0.4, 0.5) is 0 Å². The molecule has 26 heavy (non-hydrogen) atoms. The predicted octanol–water partition coefficient (Wildman–Crippen LogP) is 3.86. The Kier molecular flexibility index (Phi) is 7.41. The second-order valence-corrected chi connectivity index (χ2v) is 7.37. The number of benzene rings is 2. The fraction of sp³-hybridized carbons (Fsp3) is 0.435. The van der Waals surface area contributed by atoms with Crippen LogP contribution in [0, 0.1) is 5.92 Å².